The molecule has 0 saturated heterocycles. The van der Waals surface area contributed by atoms with Crippen LogP contribution in [0.1, 0.15) is 10.4 Å². The van der Waals surface area contributed by atoms with Crippen LogP contribution in [-0.4, -0.2) is 25.5 Å². The average molecular weight is 228 g/mol. The number of rotatable bonds is 3. The van der Waals surface area contributed by atoms with Gasteiger partial charge in [0.2, 0.25) is 0 Å². The number of esters is 1. The lowest BCUT2D eigenvalue weighted by Gasteiger charge is -2.04. The van der Waals surface area contributed by atoms with E-state index >= 15 is 0 Å². The second-order valence-corrected chi connectivity index (χ2v) is 3.14. The number of ether oxygens (including phenoxy) is 1. The Labute approximate surface area is 92.2 Å². The van der Waals surface area contributed by atoms with Crippen LogP contribution in [-0.2, 0) is 9.53 Å². The van der Waals surface area contributed by atoms with Gasteiger partial charge in [-0.1, -0.05) is 23.7 Å². The number of hydrogen-bond donors (Lipinski definition) is 1. The molecule has 4 nitrogen and oxygen atoms in total. The van der Waals surface area contributed by atoms with Gasteiger partial charge in [0.25, 0.3) is 5.91 Å². The summed E-state index contributed by atoms with van der Waals surface area (Å²) in [7, 11) is 1.46. The van der Waals surface area contributed by atoms with Crippen molar-refractivity contribution in [3.63, 3.8) is 0 Å². The zero-order chi connectivity index (χ0) is 11.3. The van der Waals surface area contributed by atoms with Gasteiger partial charge in [-0.25, -0.2) is 4.79 Å². The predicted molar refractivity (Wildman–Crippen MR) is 55.8 cm³/mol. The van der Waals surface area contributed by atoms with E-state index in [0.29, 0.717) is 5.02 Å². The molecule has 1 aromatic rings. The van der Waals surface area contributed by atoms with E-state index in [9.17, 15) is 9.59 Å². The number of carbonyl (C=O) groups is 2. The van der Waals surface area contributed by atoms with Gasteiger partial charge in [-0.15, -0.1) is 0 Å². The van der Waals surface area contributed by atoms with Gasteiger partial charge >= 0.3 is 5.97 Å². The maximum atomic E-state index is 11.4. The minimum atomic E-state index is -0.607. The van der Waals surface area contributed by atoms with E-state index in [0.717, 1.165) is 0 Å². The van der Waals surface area contributed by atoms with E-state index in [2.05, 4.69) is 5.32 Å². The molecule has 0 radical (unpaired) electrons. The van der Waals surface area contributed by atoms with E-state index in [1.165, 1.54) is 13.1 Å². The third-order valence-electron chi connectivity index (χ3n) is 1.71. The molecule has 0 aliphatic rings. The average Bonchev–Trinajstić information content (AvgIpc) is 2.26. The van der Waals surface area contributed by atoms with Gasteiger partial charge < -0.3 is 10.1 Å². The molecular formula is C10H10ClNO3. The molecule has 0 atom stereocenters. The highest BCUT2D eigenvalue weighted by molar-refractivity contribution is 6.33. The molecule has 0 aromatic heterocycles. The van der Waals surface area contributed by atoms with Crippen molar-refractivity contribution in [2.45, 2.75) is 0 Å². The first-order chi connectivity index (χ1) is 7.15. The fraction of sp³-hybridized carbons (Fsp3) is 0.200. The smallest absolute Gasteiger partial charge is 0.340 e. The van der Waals surface area contributed by atoms with Gasteiger partial charge in [0.15, 0.2) is 6.61 Å². The van der Waals surface area contributed by atoms with Gasteiger partial charge in [-0.3, -0.25) is 4.79 Å². The number of amides is 1. The summed E-state index contributed by atoms with van der Waals surface area (Å²) in [4.78, 5) is 22.2. The second-order valence-electron chi connectivity index (χ2n) is 2.73. The molecule has 1 amide bonds. The second kappa shape index (κ2) is 5.36. The molecule has 0 heterocycles. The monoisotopic (exact) mass is 227 g/mol. The molecule has 15 heavy (non-hydrogen) atoms. The standard InChI is InChI=1S/C10H10ClNO3/c1-12-9(13)6-15-10(14)7-4-2-3-5-8(7)11/h2-5H,6H2,1H3,(H,12,13). The molecule has 0 fully saturated rings. The van der Waals surface area contributed by atoms with Crippen molar-refractivity contribution in [2.75, 3.05) is 13.7 Å². The lowest BCUT2D eigenvalue weighted by molar-refractivity contribution is -0.123. The summed E-state index contributed by atoms with van der Waals surface area (Å²) in [6, 6.07) is 6.49. The predicted octanol–water partition coefficient (Wildman–Crippen LogP) is 1.24. The van der Waals surface area contributed by atoms with E-state index in [-0.39, 0.29) is 18.1 Å². The maximum absolute atomic E-state index is 11.4. The van der Waals surface area contributed by atoms with Crippen molar-refractivity contribution < 1.29 is 14.3 Å². The molecule has 0 spiro atoms. The van der Waals surface area contributed by atoms with E-state index in [1.807, 2.05) is 0 Å². The molecule has 0 aliphatic carbocycles. The molecule has 0 aliphatic heterocycles. The van der Waals surface area contributed by atoms with E-state index in [4.69, 9.17) is 16.3 Å². The molecule has 5 heteroatoms. The van der Waals surface area contributed by atoms with Crippen LogP contribution in [0.3, 0.4) is 0 Å². The fourth-order valence-electron chi connectivity index (χ4n) is 0.908. The minimum Gasteiger partial charge on any atom is -0.452 e. The van der Waals surface area contributed by atoms with Crippen molar-refractivity contribution in [3.8, 4) is 0 Å². The quantitative estimate of drug-likeness (QED) is 0.791. The fourth-order valence-corrected chi connectivity index (χ4v) is 1.12. The van der Waals surface area contributed by atoms with Gasteiger partial charge in [-0.2, -0.15) is 0 Å². The third-order valence-corrected chi connectivity index (χ3v) is 2.04. The molecule has 80 valence electrons. The van der Waals surface area contributed by atoms with Gasteiger partial charge in [0.05, 0.1) is 10.6 Å². The molecule has 1 aromatic carbocycles. The maximum Gasteiger partial charge on any atom is 0.340 e. The van der Waals surface area contributed by atoms with Crippen LogP contribution < -0.4 is 5.32 Å². The molecule has 1 rings (SSSR count). The van der Waals surface area contributed by atoms with Crippen molar-refractivity contribution in [1.82, 2.24) is 5.32 Å². The number of halogens is 1. The zero-order valence-corrected chi connectivity index (χ0v) is 8.88. The first-order valence-electron chi connectivity index (χ1n) is 4.27. The van der Waals surface area contributed by atoms with Crippen LogP contribution in [0.2, 0.25) is 5.02 Å². The Bertz CT molecular complexity index is 379. The van der Waals surface area contributed by atoms with Crippen LogP contribution in [0.4, 0.5) is 0 Å². The molecule has 0 unspecified atom stereocenters. The zero-order valence-electron chi connectivity index (χ0n) is 8.12. The lowest BCUT2D eigenvalue weighted by Crippen LogP contribution is -2.25. The third kappa shape index (κ3) is 3.25. The van der Waals surface area contributed by atoms with Crippen molar-refractivity contribution in [3.05, 3.63) is 34.9 Å². The largest absolute Gasteiger partial charge is 0.452 e. The summed E-state index contributed by atoms with van der Waals surface area (Å²) in [5.74, 6) is -0.973. The van der Waals surface area contributed by atoms with Gasteiger partial charge in [-0.05, 0) is 12.1 Å². The molecule has 0 saturated carbocycles. The van der Waals surface area contributed by atoms with E-state index in [1.54, 1.807) is 18.2 Å². The Morgan fingerprint density at radius 2 is 2.07 bits per heavy atom. The minimum absolute atomic E-state index is 0.253. The number of benzene rings is 1. The molecule has 0 bridgehead atoms. The Morgan fingerprint density at radius 1 is 1.40 bits per heavy atom. The highest BCUT2D eigenvalue weighted by Gasteiger charge is 2.11. The highest BCUT2D eigenvalue weighted by atomic mass is 35.5. The summed E-state index contributed by atoms with van der Waals surface area (Å²) in [5.41, 5.74) is 0.253. The van der Waals surface area contributed by atoms with Crippen LogP contribution >= 0.6 is 11.6 Å². The highest BCUT2D eigenvalue weighted by Crippen LogP contribution is 2.15. The van der Waals surface area contributed by atoms with E-state index < -0.39 is 5.97 Å². The normalized spacial score (nSPS) is 9.47. The number of nitrogens with one attached hydrogen (secondary N) is 1. The molecular weight excluding hydrogens is 218 g/mol. The Kier molecular flexibility index (Phi) is 4.12. The number of likely N-dealkylation sites (N-methyl/N-ethyl adjacent to an activating group) is 1. The summed E-state index contributed by atoms with van der Waals surface area (Å²) in [6.45, 7) is -0.305. The van der Waals surface area contributed by atoms with Crippen LogP contribution in [0.25, 0.3) is 0 Å². The number of hydrogen-bond acceptors (Lipinski definition) is 3. The Hall–Kier alpha value is -1.55. The van der Waals surface area contributed by atoms with Crippen LogP contribution in [0.15, 0.2) is 24.3 Å². The van der Waals surface area contributed by atoms with Gasteiger partial charge in [0.1, 0.15) is 0 Å². The molecule has 1 N–H and O–H groups in total. The summed E-state index contributed by atoms with van der Waals surface area (Å²) >= 11 is 5.77. The Balaban J connectivity index is 2.62. The van der Waals surface area contributed by atoms with Crippen LogP contribution in [0, 0.1) is 0 Å². The first-order valence-corrected chi connectivity index (χ1v) is 4.65. The van der Waals surface area contributed by atoms with Crippen molar-refractivity contribution >= 4 is 23.5 Å². The Morgan fingerprint density at radius 3 is 2.67 bits per heavy atom. The number of carbonyl (C=O) groups excluding carboxylic acids is 2. The summed E-state index contributed by atoms with van der Waals surface area (Å²) in [6.07, 6.45) is 0. The summed E-state index contributed by atoms with van der Waals surface area (Å²) in [5, 5.41) is 2.64. The van der Waals surface area contributed by atoms with Crippen LogP contribution in [0.5, 0.6) is 0 Å². The van der Waals surface area contributed by atoms with Crippen molar-refractivity contribution in [1.29, 1.82) is 0 Å². The SMILES string of the molecule is CNC(=O)COC(=O)c1ccccc1Cl. The first kappa shape index (κ1) is 11.5. The van der Waals surface area contributed by atoms with Crippen molar-refractivity contribution in [2.24, 2.45) is 0 Å². The lowest BCUT2D eigenvalue weighted by atomic mass is 10.2. The summed E-state index contributed by atoms with van der Waals surface area (Å²) < 4.78 is 4.73. The topological polar surface area (TPSA) is 55.4 Å². The van der Waals surface area contributed by atoms with Gasteiger partial charge in [0, 0.05) is 7.05 Å².